The van der Waals surface area contributed by atoms with E-state index in [9.17, 15) is 24.3 Å². The molecule has 51 heavy (non-hydrogen) atoms. The number of fused-ring (bicyclic) bond motifs is 1. The average molecular weight is 765 g/mol. The number of halogens is 1. The SMILES string of the molecule is C=CCCC(=O)N[C@@H](C)[C@H](OC(=O)[C@@H]1[C@H]2O[C@@]3(CC2Br)[C@H](C(=O)N(CC=C)CCCCC)N([C@H](CO)c2ccccc2)C(=O)[C@@H]13)c1ccccc1. The predicted octanol–water partition coefficient (Wildman–Crippen LogP) is 5.43. The minimum absolute atomic E-state index is 0.205. The molecule has 3 fully saturated rings. The highest BCUT2D eigenvalue weighted by Gasteiger charge is 2.77. The van der Waals surface area contributed by atoms with Gasteiger partial charge < -0.3 is 29.7 Å². The minimum atomic E-state index is -1.35. The van der Waals surface area contributed by atoms with Gasteiger partial charge in [-0.3, -0.25) is 19.2 Å². The third kappa shape index (κ3) is 7.71. The second-order valence-electron chi connectivity index (χ2n) is 13.7. The van der Waals surface area contributed by atoms with Gasteiger partial charge in [-0.25, -0.2) is 0 Å². The second-order valence-corrected chi connectivity index (χ2v) is 14.9. The second kappa shape index (κ2) is 17.1. The van der Waals surface area contributed by atoms with Crippen LogP contribution in [-0.2, 0) is 28.7 Å². The van der Waals surface area contributed by atoms with Gasteiger partial charge in [0.25, 0.3) is 0 Å². The molecule has 2 aromatic carbocycles. The van der Waals surface area contributed by atoms with E-state index in [1.807, 2.05) is 60.7 Å². The molecule has 0 radical (unpaired) electrons. The number of nitrogens with one attached hydrogen (secondary N) is 1. The fraction of sp³-hybridized carbons (Fsp3) is 0.500. The number of unbranched alkanes of at least 4 members (excludes halogenated alkanes) is 2. The highest BCUT2D eigenvalue weighted by Crippen LogP contribution is 2.61. The molecule has 0 saturated carbocycles. The number of aliphatic hydroxyl groups is 1. The molecule has 5 rings (SSSR count). The van der Waals surface area contributed by atoms with Gasteiger partial charge in [0.2, 0.25) is 17.7 Å². The molecule has 2 N–H and O–H groups in total. The van der Waals surface area contributed by atoms with E-state index in [4.69, 9.17) is 9.47 Å². The fourth-order valence-electron chi connectivity index (χ4n) is 8.09. The van der Waals surface area contributed by atoms with Crippen LogP contribution in [-0.4, -0.2) is 86.9 Å². The van der Waals surface area contributed by atoms with Crippen molar-refractivity contribution < 1.29 is 33.8 Å². The van der Waals surface area contributed by atoms with E-state index in [1.54, 1.807) is 24.0 Å². The molecule has 3 aliphatic heterocycles. The smallest absolute Gasteiger partial charge is 0.313 e. The number of nitrogens with zero attached hydrogens (tertiary/aromatic N) is 2. The average Bonchev–Trinajstić information content (AvgIpc) is 3.73. The van der Waals surface area contributed by atoms with Gasteiger partial charge in [0.15, 0.2) is 0 Å². The van der Waals surface area contributed by atoms with Crippen molar-refractivity contribution in [2.45, 2.75) is 93.1 Å². The van der Waals surface area contributed by atoms with Crippen LogP contribution in [0.4, 0.5) is 0 Å². The van der Waals surface area contributed by atoms with Gasteiger partial charge >= 0.3 is 5.97 Å². The summed E-state index contributed by atoms with van der Waals surface area (Å²) in [5.74, 6) is -3.67. The van der Waals surface area contributed by atoms with Crippen molar-refractivity contribution >= 4 is 39.6 Å². The van der Waals surface area contributed by atoms with Crippen LogP contribution in [0.5, 0.6) is 0 Å². The lowest BCUT2D eigenvalue weighted by atomic mass is 9.70. The van der Waals surface area contributed by atoms with Crippen molar-refractivity contribution in [2.24, 2.45) is 11.8 Å². The number of hydrogen-bond donors (Lipinski definition) is 2. The maximum absolute atomic E-state index is 14.9. The van der Waals surface area contributed by atoms with E-state index in [1.165, 1.54) is 4.90 Å². The zero-order valence-electron chi connectivity index (χ0n) is 29.5. The summed E-state index contributed by atoms with van der Waals surface area (Å²) in [7, 11) is 0. The lowest BCUT2D eigenvalue weighted by molar-refractivity contribution is -0.162. The molecule has 0 aromatic heterocycles. The van der Waals surface area contributed by atoms with Crippen LogP contribution in [0.1, 0.15) is 75.6 Å². The van der Waals surface area contributed by atoms with E-state index >= 15 is 0 Å². The Labute approximate surface area is 309 Å². The number of carbonyl (C=O) groups excluding carboxylic acids is 4. The standard InChI is InChI=1S/C40H50BrN3O7/c1-5-8-16-23-43(22-7-3)38(48)36-40-24-29(41)35(51-40)32(33(40)37(47)44(36)30(25-45)27-17-12-10-13-18-27)39(49)50-34(28-19-14-11-15-20-28)26(4)42-31(46)21-9-6-2/h6-7,10-15,17-20,26,29-30,32-36,45H,2-3,5,8-9,16,21-25H2,1,4H3,(H,42,46)/t26-,29?,30+,32-,33+,34-,35-,36-,40+/m0/s1. The number of amides is 3. The van der Waals surface area contributed by atoms with Gasteiger partial charge in [0.05, 0.1) is 36.6 Å². The molecule has 10 nitrogen and oxygen atoms in total. The lowest BCUT2D eigenvalue weighted by Gasteiger charge is -2.39. The Kier molecular flexibility index (Phi) is 12.9. The summed E-state index contributed by atoms with van der Waals surface area (Å²) >= 11 is 3.75. The monoisotopic (exact) mass is 763 g/mol. The molecule has 3 aliphatic rings. The predicted molar refractivity (Wildman–Crippen MR) is 197 cm³/mol. The van der Waals surface area contributed by atoms with Crippen LogP contribution in [0.2, 0.25) is 0 Å². The number of hydrogen-bond acceptors (Lipinski definition) is 7. The van der Waals surface area contributed by atoms with Gasteiger partial charge in [0, 0.05) is 24.3 Å². The first-order chi connectivity index (χ1) is 24.6. The van der Waals surface area contributed by atoms with Crippen LogP contribution < -0.4 is 5.32 Å². The first-order valence-electron chi connectivity index (χ1n) is 18.0. The van der Waals surface area contributed by atoms with Gasteiger partial charge in [-0.2, -0.15) is 0 Å². The van der Waals surface area contributed by atoms with Crippen LogP contribution in [0, 0.1) is 11.8 Å². The first-order valence-corrected chi connectivity index (χ1v) is 18.9. The molecular weight excluding hydrogens is 714 g/mol. The maximum atomic E-state index is 14.9. The number of esters is 1. The van der Waals surface area contributed by atoms with Crippen LogP contribution in [0.3, 0.4) is 0 Å². The van der Waals surface area contributed by atoms with Gasteiger partial charge in [0.1, 0.15) is 17.7 Å². The molecule has 274 valence electrons. The van der Waals surface area contributed by atoms with E-state index in [0.717, 1.165) is 19.3 Å². The van der Waals surface area contributed by atoms with Crippen molar-refractivity contribution in [1.82, 2.24) is 15.1 Å². The van der Waals surface area contributed by atoms with Gasteiger partial charge in [-0.05, 0) is 37.3 Å². The molecule has 2 bridgehead atoms. The highest BCUT2D eigenvalue weighted by atomic mass is 79.9. The summed E-state index contributed by atoms with van der Waals surface area (Å²) < 4.78 is 13.1. The number of ether oxygens (including phenoxy) is 2. The lowest BCUT2D eigenvalue weighted by Crippen LogP contribution is -2.57. The number of rotatable bonds is 18. The zero-order valence-corrected chi connectivity index (χ0v) is 31.1. The van der Waals surface area contributed by atoms with Gasteiger partial charge in [-0.1, -0.05) is 109 Å². The number of carbonyl (C=O) groups is 4. The molecule has 9 atom stereocenters. The van der Waals surface area contributed by atoms with Crippen molar-refractivity contribution in [1.29, 1.82) is 0 Å². The molecule has 2 aromatic rings. The Balaban J connectivity index is 1.54. The van der Waals surface area contributed by atoms with Crippen molar-refractivity contribution in [3.63, 3.8) is 0 Å². The molecule has 11 heteroatoms. The van der Waals surface area contributed by atoms with E-state index in [2.05, 4.69) is 41.3 Å². The third-order valence-corrected chi connectivity index (χ3v) is 11.3. The quantitative estimate of drug-likeness (QED) is 0.0899. The maximum Gasteiger partial charge on any atom is 0.313 e. The summed E-state index contributed by atoms with van der Waals surface area (Å²) in [5.41, 5.74) is -0.00548. The molecule has 3 amide bonds. The topological polar surface area (TPSA) is 125 Å². The number of allylic oxidation sites excluding steroid dienone is 1. The fourth-order valence-corrected chi connectivity index (χ4v) is 9.04. The summed E-state index contributed by atoms with van der Waals surface area (Å²) in [6.45, 7) is 11.7. The largest absolute Gasteiger partial charge is 0.455 e. The molecular formula is C40H50BrN3O7. The van der Waals surface area contributed by atoms with Crippen LogP contribution in [0.25, 0.3) is 0 Å². The van der Waals surface area contributed by atoms with Crippen molar-refractivity contribution in [3.8, 4) is 0 Å². The molecule has 1 unspecified atom stereocenters. The Morgan fingerprint density at radius 1 is 1.10 bits per heavy atom. The molecule has 3 heterocycles. The Bertz CT molecular complexity index is 1560. The van der Waals surface area contributed by atoms with E-state index in [-0.39, 0.29) is 29.6 Å². The Morgan fingerprint density at radius 3 is 2.37 bits per heavy atom. The summed E-state index contributed by atoms with van der Waals surface area (Å²) in [5, 5.41) is 13.8. The Hall–Kier alpha value is -3.80. The van der Waals surface area contributed by atoms with Gasteiger partial charge in [-0.15, -0.1) is 13.2 Å². The van der Waals surface area contributed by atoms with E-state index < -0.39 is 66.3 Å². The number of likely N-dealkylation sites (tertiary alicyclic amines) is 1. The molecule has 3 saturated heterocycles. The normalized spacial score (nSPS) is 26.5. The van der Waals surface area contributed by atoms with Crippen LogP contribution >= 0.6 is 15.9 Å². The number of benzene rings is 2. The first kappa shape index (κ1) is 38.4. The summed E-state index contributed by atoms with van der Waals surface area (Å²) in [4.78, 5) is 59.8. The number of alkyl halides is 1. The number of aliphatic hydroxyl groups excluding tert-OH is 1. The third-order valence-electron chi connectivity index (χ3n) is 10.4. The summed E-state index contributed by atoms with van der Waals surface area (Å²) in [6, 6.07) is 15.7. The zero-order chi connectivity index (χ0) is 36.7. The Morgan fingerprint density at radius 2 is 1.76 bits per heavy atom. The van der Waals surface area contributed by atoms with Crippen LogP contribution in [0.15, 0.2) is 86.0 Å². The highest BCUT2D eigenvalue weighted by molar-refractivity contribution is 9.09. The molecule has 1 spiro atoms. The van der Waals surface area contributed by atoms with Crippen molar-refractivity contribution in [3.05, 3.63) is 97.1 Å². The van der Waals surface area contributed by atoms with Crippen molar-refractivity contribution in [2.75, 3.05) is 19.7 Å². The minimum Gasteiger partial charge on any atom is -0.455 e. The molecule has 0 aliphatic carbocycles. The van der Waals surface area contributed by atoms with E-state index in [0.29, 0.717) is 30.5 Å². The summed E-state index contributed by atoms with van der Waals surface area (Å²) in [6.07, 6.45) is 5.46.